The Hall–Kier alpha value is -5.46. The molecule has 4 aliphatic carbocycles. The molecule has 0 radical (unpaired) electrons. The molecule has 7 aliphatic rings. The van der Waals surface area contributed by atoms with E-state index < -0.39 is 17.4 Å². The quantitative estimate of drug-likeness (QED) is 0.252. The number of thioether (sulfide) groups is 1. The highest BCUT2D eigenvalue weighted by molar-refractivity contribution is 8.07. The van der Waals surface area contributed by atoms with E-state index in [-0.39, 0.29) is 28.5 Å². The van der Waals surface area contributed by atoms with Gasteiger partial charge in [0.05, 0.1) is 14.3 Å². The van der Waals surface area contributed by atoms with Crippen LogP contribution >= 0.6 is 45.8 Å². The maximum absolute atomic E-state index is 13.5. The number of allylic oxidation sites excluding steroid dienone is 7. The molecule has 312 valence electrons. The molecular formula is C46H40N8O4S4. The van der Waals surface area contributed by atoms with Gasteiger partial charge in [0.1, 0.15) is 66.9 Å². The summed E-state index contributed by atoms with van der Waals surface area (Å²) in [6.07, 6.45) is 21.6. The predicted octanol–water partition coefficient (Wildman–Crippen LogP) is 7.73. The molecule has 3 aromatic rings. The van der Waals surface area contributed by atoms with Crippen molar-refractivity contribution in [1.29, 1.82) is 21.0 Å². The second-order valence-electron chi connectivity index (χ2n) is 16.4. The summed E-state index contributed by atoms with van der Waals surface area (Å²) in [5, 5.41) is 51.7. The molecule has 0 bridgehead atoms. The average Bonchev–Trinajstić information content (AvgIpc) is 4.06. The fraction of sp³-hybridized carbons (Fsp3) is 0.413. The molecule has 62 heavy (non-hydrogen) atoms. The van der Waals surface area contributed by atoms with Crippen molar-refractivity contribution in [2.75, 3.05) is 6.54 Å². The number of aromatic nitrogens is 3. The van der Waals surface area contributed by atoms with Crippen LogP contribution in [0.15, 0.2) is 56.1 Å². The second kappa shape index (κ2) is 15.7. The molecule has 3 atom stereocenters. The first-order valence-electron chi connectivity index (χ1n) is 21.1. The van der Waals surface area contributed by atoms with E-state index in [9.17, 15) is 30.9 Å². The standard InChI is InChI=1S/C46H40N8O4S4/c1-3-53-41(55)33(59-43(53)27(21-47)22-48)19-35-51-39-37(61-35)29-15-25-18-32-30(16-26(25)17-31(29)57-45(39)11-7-5-8-12-45)38-40(46(58-32)13-9-6-10-14-46)52-36(62-38)20-34-42(56)54(4-2)44(60-34)28(23-49)24-50/h15-20,25-26,41,55H,3-14H2,1-2H3/b33-19+,34-20-. The number of aliphatic hydroxyl groups is 1. The van der Waals surface area contributed by atoms with E-state index in [2.05, 4.69) is 24.3 Å². The van der Waals surface area contributed by atoms with Crippen LogP contribution in [0.2, 0.25) is 0 Å². The van der Waals surface area contributed by atoms with E-state index in [0.29, 0.717) is 37.2 Å². The Morgan fingerprint density at radius 2 is 1.27 bits per heavy atom. The molecule has 0 amide bonds. The molecule has 1 N–H and O–H groups in total. The Balaban J connectivity index is 1.06. The van der Waals surface area contributed by atoms with E-state index in [1.54, 1.807) is 33.6 Å². The van der Waals surface area contributed by atoms with E-state index in [0.717, 1.165) is 124 Å². The van der Waals surface area contributed by atoms with Gasteiger partial charge >= 0.3 is 0 Å². The van der Waals surface area contributed by atoms with Crippen LogP contribution < -0.4 is 14.8 Å². The highest BCUT2D eigenvalue weighted by atomic mass is 32.2. The number of fused-ring (bicyclic) bond motifs is 9. The molecule has 6 heterocycles. The minimum absolute atomic E-state index is 0.00873. The van der Waals surface area contributed by atoms with Gasteiger partial charge in [-0.3, -0.25) is 9.36 Å². The molecule has 3 fully saturated rings. The van der Waals surface area contributed by atoms with Crippen LogP contribution in [-0.4, -0.2) is 37.3 Å². The Morgan fingerprint density at radius 1 is 0.758 bits per heavy atom. The molecule has 2 spiro atoms. The fourth-order valence-corrected chi connectivity index (χ4v) is 14.6. The Bertz CT molecular complexity index is 2970. The van der Waals surface area contributed by atoms with Crippen LogP contribution in [0.1, 0.15) is 109 Å². The third-order valence-corrected chi connectivity index (χ3v) is 17.3. The normalized spacial score (nSPS) is 24.6. The van der Waals surface area contributed by atoms with Crippen LogP contribution in [-0.2, 0) is 27.2 Å². The first-order valence-corrected chi connectivity index (χ1v) is 24.4. The van der Waals surface area contributed by atoms with Crippen LogP contribution in [0.25, 0.3) is 28.9 Å². The van der Waals surface area contributed by atoms with Gasteiger partial charge in [-0.25, -0.2) is 9.97 Å². The van der Waals surface area contributed by atoms with Crippen LogP contribution in [0.5, 0.6) is 0 Å². The number of nitrogens with zero attached hydrogens (tertiary/aromatic N) is 8. The number of hydrogen-bond donors (Lipinski definition) is 1. The van der Waals surface area contributed by atoms with Crippen molar-refractivity contribution in [2.24, 2.45) is 11.8 Å². The van der Waals surface area contributed by atoms with Crippen molar-refractivity contribution in [1.82, 2.24) is 19.4 Å². The number of ether oxygens (including phenoxy) is 2. The van der Waals surface area contributed by atoms with Gasteiger partial charge in [-0.2, -0.15) is 21.0 Å². The largest absolute Gasteiger partial charge is 0.481 e. The van der Waals surface area contributed by atoms with Gasteiger partial charge in [0, 0.05) is 41.0 Å². The summed E-state index contributed by atoms with van der Waals surface area (Å²) in [7, 11) is 0. The average molecular weight is 897 g/mol. The molecule has 2 saturated carbocycles. The summed E-state index contributed by atoms with van der Waals surface area (Å²) >= 11 is 5.55. The third-order valence-electron chi connectivity index (χ3n) is 12.9. The molecule has 0 aromatic carbocycles. The molecule has 3 aliphatic heterocycles. The summed E-state index contributed by atoms with van der Waals surface area (Å²) in [6.45, 7) is 4.50. The van der Waals surface area contributed by atoms with Crippen molar-refractivity contribution in [3.05, 3.63) is 102 Å². The summed E-state index contributed by atoms with van der Waals surface area (Å²) < 4.78 is 16.6. The van der Waals surface area contributed by atoms with Gasteiger partial charge in [0.15, 0.2) is 28.6 Å². The maximum Gasteiger partial charge on any atom is 0.269 e. The van der Waals surface area contributed by atoms with Gasteiger partial charge in [0.2, 0.25) is 0 Å². The smallest absolute Gasteiger partial charge is 0.269 e. The lowest BCUT2D eigenvalue weighted by Gasteiger charge is -2.45. The minimum Gasteiger partial charge on any atom is -0.481 e. The lowest BCUT2D eigenvalue weighted by atomic mass is 9.73. The molecule has 10 rings (SSSR count). The van der Waals surface area contributed by atoms with Gasteiger partial charge in [-0.05, 0) is 89.5 Å². The van der Waals surface area contributed by atoms with Crippen LogP contribution in [0.3, 0.4) is 0 Å². The Morgan fingerprint density at radius 3 is 1.76 bits per heavy atom. The van der Waals surface area contributed by atoms with Gasteiger partial charge in [-0.1, -0.05) is 36.8 Å². The topological polar surface area (TPSA) is 185 Å². The molecule has 1 saturated heterocycles. The minimum atomic E-state index is -0.986. The first-order chi connectivity index (χ1) is 30.2. The molecule has 3 unspecified atom stereocenters. The van der Waals surface area contributed by atoms with Crippen molar-refractivity contribution in [3.63, 3.8) is 0 Å². The zero-order valence-electron chi connectivity index (χ0n) is 34.1. The Kier molecular flexibility index (Phi) is 10.3. The van der Waals surface area contributed by atoms with Crippen molar-refractivity contribution < 1.29 is 14.6 Å². The second-order valence-corrected chi connectivity index (χ2v) is 20.6. The number of likely N-dealkylation sites (N-methyl/N-ethyl adjacent to an activating group) is 1. The number of nitriles is 4. The highest BCUT2D eigenvalue weighted by Gasteiger charge is 2.50. The van der Waals surface area contributed by atoms with E-state index in [4.69, 9.17) is 19.4 Å². The zero-order chi connectivity index (χ0) is 42.9. The number of hydrogen-bond acceptors (Lipinski definition) is 15. The lowest BCUT2D eigenvalue weighted by molar-refractivity contribution is -0.0374. The number of rotatable bonds is 4. The summed E-state index contributed by atoms with van der Waals surface area (Å²) in [6, 6.07) is 7.85. The van der Waals surface area contributed by atoms with Crippen LogP contribution in [0.4, 0.5) is 0 Å². The SMILES string of the molecule is CCN1C(=C(C#N)C#N)S/C(=C/c2nc3c(s2)C2=CC4C=C5OC6(CCCCC6)c6nc(/C=c7\sc(=C(C#N)C#N)n(CC)c7=O)sc6C5=CC4C=C2OC32CCCCC2)C1O. The van der Waals surface area contributed by atoms with Gasteiger partial charge < -0.3 is 19.5 Å². The first kappa shape index (κ1) is 40.6. The van der Waals surface area contributed by atoms with Gasteiger partial charge in [0.25, 0.3) is 5.56 Å². The summed E-state index contributed by atoms with van der Waals surface area (Å²) in [5.41, 5.74) is 2.38. The van der Waals surface area contributed by atoms with E-state index in [1.165, 1.54) is 16.3 Å². The Labute approximate surface area is 374 Å². The van der Waals surface area contributed by atoms with Crippen molar-refractivity contribution in [3.8, 4) is 24.3 Å². The number of thiazole rings is 3. The monoisotopic (exact) mass is 896 g/mol. The summed E-state index contributed by atoms with van der Waals surface area (Å²) in [4.78, 5) is 28.4. The molecule has 3 aromatic heterocycles. The van der Waals surface area contributed by atoms with Gasteiger partial charge in [-0.15, -0.1) is 34.0 Å². The highest BCUT2D eigenvalue weighted by Crippen LogP contribution is 2.58. The summed E-state index contributed by atoms with van der Waals surface area (Å²) in [5.74, 6) is 1.68. The molecule has 16 heteroatoms. The lowest BCUT2D eigenvalue weighted by Crippen LogP contribution is -2.38. The maximum atomic E-state index is 13.5. The number of aliphatic hydroxyl groups excluding tert-OH is 1. The van der Waals surface area contributed by atoms with E-state index in [1.807, 2.05) is 44.2 Å². The fourth-order valence-electron chi connectivity index (χ4n) is 9.96. The van der Waals surface area contributed by atoms with E-state index >= 15 is 0 Å². The van der Waals surface area contributed by atoms with Crippen molar-refractivity contribution in [2.45, 2.75) is 102 Å². The zero-order valence-corrected chi connectivity index (χ0v) is 37.3. The third kappa shape index (κ3) is 6.38. The van der Waals surface area contributed by atoms with Crippen molar-refractivity contribution >= 4 is 74.6 Å². The van der Waals surface area contributed by atoms with Crippen LogP contribution in [0, 0.1) is 57.2 Å². The molecular weight excluding hydrogens is 857 g/mol. The predicted molar refractivity (Wildman–Crippen MR) is 239 cm³/mol. The molecule has 12 nitrogen and oxygen atoms in total.